The predicted octanol–water partition coefficient (Wildman–Crippen LogP) is 3.55. The number of aromatic nitrogens is 2. The summed E-state index contributed by atoms with van der Waals surface area (Å²) in [6.45, 7) is 1.64. The first-order valence-electron chi connectivity index (χ1n) is 5.59. The maximum Gasteiger partial charge on any atom is 0.179 e. The van der Waals surface area contributed by atoms with Crippen LogP contribution in [0.3, 0.4) is 0 Å². The molecule has 0 aliphatic heterocycles. The van der Waals surface area contributed by atoms with Gasteiger partial charge in [-0.15, -0.1) is 0 Å². The molecule has 0 fully saturated rings. The number of fused-ring (bicyclic) bond motifs is 1. The highest BCUT2D eigenvalue weighted by Crippen LogP contribution is 2.27. The number of hydrogen-bond donors (Lipinski definition) is 1. The summed E-state index contributed by atoms with van der Waals surface area (Å²) in [4.78, 5) is 4.05. The first kappa shape index (κ1) is 11.6. The molecule has 4 nitrogen and oxygen atoms in total. The van der Waals surface area contributed by atoms with E-state index in [0.717, 1.165) is 0 Å². The van der Waals surface area contributed by atoms with Crippen LogP contribution in [0.15, 0.2) is 35.0 Å². The molecule has 1 aromatic carbocycles. The highest BCUT2D eigenvalue weighted by atomic mass is 19.1. The van der Waals surface area contributed by atoms with E-state index in [1.807, 2.05) is 0 Å². The smallest absolute Gasteiger partial charge is 0.179 e. The molecule has 0 spiro atoms. The third-order valence-corrected chi connectivity index (χ3v) is 2.74. The number of para-hydroxylation sites is 1. The van der Waals surface area contributed by atoms with Gasteiger partial charge in [-0.05, 0) is 19.1 Å². The van der Waals surface area contributed by atoms with Crippen molar-refractivity contribution in [3.05, 3.63) is 47.9 Å². The number of aryl methyl sites for hydroxylation is 1. The summed E-state index contributed by atoms with van der Waals surface area (Å²) >= 11 is 0. The van der Waals surface area contributed by atoms with E-state index in [1.165, 1.54) is 18.3 Å². The van der Waals surface area contributed by atoms with Crippen LogP contribution < -0.4 is 5.32 Å². The summed E-state index contributed by atoms with van der Waals surface area (Å²) in [6.07, 6.45) is 1.29. The summed E-state index contributed by atoms with van der Waals surface area (Å²) in [5.41, 5.74) is 0.601. The third kappa shape index (κ3) is 1.91. The van der Waals surface area contributed by atoms with E-state index in [-0.39, 0.29) is 16.9 Å². The van der Waals surface area contributed by atoms with Crippen molar-refractivity contribution < 1.29 is 13.3 Å². The monoisotopic (exact) mass is 261 g/mol. The van der Waals surface area contributed by atoms with Crippen molar-refractivity contribution >= 4 is 22.4 Å². The summed E-state index contributed by atoms with van der Waals surface area (Å²) in [5, 5.41) is 6.24. The zero-order chi connectivity index (χ0) is 13.4. The third-order valence-electron chi connectivity index (χ3n) is 2.74. The van der Waals surface area contributed by atoms with Crippen molar-refractivity contribution in [2.45, 2.75) is 6.92 Å². The molecular formula is C13H9F2N3O. The van der Waals surface area contributed by atoms with Crippen LogP contribution in [0.4, 0.5) is 20.2 Å². The molecule has 19 heavy (non-hydrogen) atoms. The normalized spacial score (nSPS) is 10.9. The van der Waals surface area contributed by atoms with Crippen LogP contribution in [-0.4, -0.2) is 10.1 Å². The fourth-order valence-corrected chi connectivity index (χ4v) is 1.77. The average Bonchev–Trinajstić information content (AvgIpc) is 2.78. The van der Waals surface area contributed by atoms with Gasteiger partial charge in [0, 0.05) is 0 Å². The van der Waals surface area contributed by atoms with E-state index >= 15 is 0 Å². The first-order chi connectivity index (χ1) is 9.16. The number of anilines is 2. The van der Waals surface area contributed by atoms with Crippen molar-refractivity contribution in [2.24, 2.45) is 0 Å². The van der Waals surface area contributed by atoms with Gasteiger partial charge in [0.25, 0.3) is 0 Å². The average molecular weight is 261 g/mol. The molecule has 2 aromatic heterocycles. The molecule has 0 atom stereocenters. The quantitative estimate of drug-likeness (QED) is 0.766. The minimum atomic E-state index is -0.620. The first-order valence-corrected chi connectivity index (χ1v) is 5.59. The Bertz CT molecular complexity index is 755. The van der Waals surface area contributed by atoms with E-state index in [4.69, 9.17) is 4.52 Å². The van der Waals surface area contributed by atoms with Gasteiger partial charge in [0.2, 0.25) is 0 Å². The summed E-state index contributed by atoms with van der Waals surface area (Å²) in [5.74, 6) is -0.658. The van der Waals surface area contributed by atoms with E-state index in [1.54, 1.807) is 19.1 Å². The predicted molar refractivity (Wildman–Crippen MR) is 66.2 cm³/mol. The van der Waals surface area contributed by atoms with Crippen LogP contribution in [0.25, 0.3) is 11.0 Å². The van der Waals surface area contributed by atoms with Gasteiger partial charge in [-0.2, -0.15) is 0 Å². The zero-order valence-electron chi connectivity index (χ0n) is 9.95. The van der Waals surface area contributed by atoms with E-state index in [9.17, 15) is 8.78 Å². The molecule has 0 bridgehead atoms. The van der Waals surface area contributed by atoms with E-state index in [2.05, 4.69) is 15.5 Å². The Morgan fingerprint density at radius 2 is 1.89 bits per heavy atom. The lowest BCUT2D eigenvalue weighted by atomic mass is 10.2. The number of nitrogens with one attached hydrogen (secondary N) is 1. The Balaban J connectivity index is 2.07. The lowest BCUT2D eigenvalue weighted by Crippen LogP contribution is -1.98. The van der Waals surface area contributed by atoms with Crippen LogP contribution in [0, 0.1) is 18.6 Å². The maximum atomic E-state index is 14.2. The second kappa shape index (κ2) is 4.31. The molecule has 0 aliphatic rings. The minimum absolute atomic E-state index is 0.0267. The highest BCUT2D eigenvalue weighted by Gasteiger charge is 2.15. The molecule has 0 aliphatic carbocycles. The second-order valence-corrected chi connectivity index (χ2v) is 4.03. The SMILES string of the molecule is Cc1onc2c(F)c(Nc3ccccc3F)cnc12. The van der Waals surface area contributed by atoms with E-state index < -0.39 is 11.6 Å². The molecule has 6 heteroatoms. The summed E-state index contributed by atoms with van der Waals surface area (Å²) in [6, 6.07) is 5.99. The van der Waals surface area contributed by atoms with Gasteiger partial charge in [-0.25, -0.2) is 13.8 Å². The molecule has 0 unspecified atom stereocenters. The number of nitrogens with zero attached hydrogens (tertiary/aromatic N) is 2. The molecule has 1 N–H and O–H groups in total. The van der Waals surface area contributed by atoms with Gasteiger partial charge in [-0.1, -0.05) is 17.3 Å². The van der Waals surface area contributed by atoms with Crippen molar-refractivity contribution in [3.63, 3.8) is 0 Å². The van der Waals surface area contributed by atoms with E-state index in [0.29, 0.717) is 11.3 Å². The lowest BCUT2D eigenvalue weighted by Gasteiger charge is -2.07. The molecule has 3 rings (SSSR count). The standard InChI is InChI=1S/C13H9F2N3O/c1-7-12-13(18-19-7)11(15)10(6-16-12)17-9-5-3-2-4-8(9)14/h2-6,17H,1H3. The zero-order valence-corrected chi connectivity index (χ0v) is 9.95. The molecule has 3 aromatic rings. The largest absolute Gasteiger partial charge is 0.359 e. The molecule has 0 saturated carbocycles. The minimum Gasteiger partial charge on any atom is -0.359 e. The molecule has 0 amide bonds. The fourth-order valence-electron chi connectivity index (χ4n) is 1.77. The van der Waals surface area contributed by atoms with Gasteiger partial charge in [0.15, 0.2) is 17.1 Å². The van der Waals surface area contributed by atoms with Crippen molar-refractivity contribution in [1.82, 2.24) is 10.1 Å². The van der Waals surface area contributed by atoms with Gasteiger partial charge < -0.3 is 9.84 Å². The van der Waals surface area contributed by atoms with Gasteiger partial charge >= 0.3 is 0 Å². The van der Waals surface area contributed by atoms with Gasteiger partial charge in [0.1, 0.15) is 11.3 Å². The van der Waals surface area contributed by atoms with Crippen molar-refractivity contribution in [1.29, 1.82) is 0 Å². The molecular weight excluding hydrogens is 252 g/mol. The van der Waals surface area contributed by atoms with Crippen LogP contribution in [0.1, 0.15) is 5.76 Å². The topological polar surface area (TPSA) is 51.0 Å². The van der Waals surface area contributed by atoms with Crippen LogP contribution >= 0.6 is 0 Å². The Hall–Kier alpha value is -2.50. The number of rotatable bonds is 2. The van der Waals surface area contributed by atoms with Crippen LogP contribution in [0.5, 0.6) is 0 Å². The molecule has 0 radical (unpaired) electrons. The number of pyridine rings is 1. The summed E-state index contributed by atoms with van der Waals surface area (Å²) in [7, 11) is 0. The number of benzene rings is 1. The Labute approximate surface area is 107 Å². The van der Waals surface area contributed by atoms with Gasteiger partial charge in [-0.3, -0.25) is 0 Å². The Morgan fingerprint density at radius 1 is 1.11 bits per heavy atom. The lowest BCUT2D eigenvalue weighted by molar-refractivity contribution is 0.403. The van der Waals surface area contributed by atoms with Crippen LogP contribution in [0.2, 0.25) is 0 Å². The summed E-state index contributed by atoms with van der Waals surface area (Å²) < 4.78 is 32.5. The highest BCUT2D eigenvalue weighted by molar-refractivity contribution is 5.81. The Morgan fingerprint density at radius 3 is 2.68 bits per heavy atom. The number of hydrogen-bond acceptors (Lipinski definition) is 4. The fraction of sp³-hybridized carbons (Fsp3) is 0.0769. The van der Waals surface area contributed by atoms with Gasteiger partial charge in [0.05, 0.1) is 17.6 Å². The number of halogens is 2. The van der Waals surface area contributed by atoms with Crippen molar-refractivity contribution in [3.8, 4) is 0 Å². The van der Waals surface area contributed by atoms with Crippen LogP contribution in [-0.2, 0) is 0 Å². The molecule has 96 valence electrons. The Kier molecular flexibility index (Phi) is 2.63. The van der Waals surface area contributed by atoms with Crippen molar-refractivity contribution in [2.75, 3.05) is 5.32 Å². The molecule has 2 heterocycles. The maximum absolute atomic E-state index is 14.2. The second-order valence-electron chi connectivity index (χ2n) is 4.03. The molecule has 0 saturated heterocycles.